The third-order valence-corrected chi connectivity index (χ3v) is 5.56. The van der Waals surface area contributed by atoms with Crippen LogP contribution < -0.4 is 4.90 Å². The molecule has 0 aliphatic carbocycles. The second kappa shape index (κ2) is 8.59. The van der Waals surface area contributed by atoms with E-state index < -0.39 is 0 Å². The Morgan fingerprint density at radius 1 is 1.15 bits per heavy atom. The fraction of sp³-hybridized carbons (Fsp3) is 0.250. The van der Waals surface area contributed by atoms with Gasteiger partial charge in [0.05, 0.1) is 5.25 Å². The monoisotopic (exact) mass is 400 g/mol. The van der Waals surface area contributed by atoms with Gasteiger partial charge in [-0.1, -0.05) is 41.6 Å². The molecule has 0 fully saturated rings. The summed E-state index contributed by atoms with van der Waals surface area (Å²) in [6.45, 7) is 4.64. The van der Waals surface area contributed by atoms with Gasteiger partial charge in [-0.15, -0.1) is 10.2 Å². The van der Waals surface area contributed by atoms with Gasteiger partial charge >= 0.3 is 0 Å². The van der Waals surface area contributed by atoms with E-state index in [1.54, 1.807) is 11.9 Å². The lowest BCUT2D eigenvalue weighted by Gasteiger charge is -2.21. The normalized spacial score (nSPS) is 12.0. The van der Waals surface area contributed by atoms with Crippen molar-refractivity contribution in [1.29, 1.82) is 0 Å². The molecule has 2 aromatic carbocycles. The summed E-state index contributed by atoms with van der Waals surface area (Å²) in [4.78, 5) is 14.5. The van der Waals surface area contributed by atoms with E-state index >= 15 is 0 Å². The molecule has 3 aromatic rings. The number of carbonyl (C=O) groups is 1. The van der Waals surface area contributed by atoms with Crippen molar-refractivity contribution in [3.63, 3.8) is 0 Å². The second-order valence-electron chi connectivity index (χ2n) is 6.05. The van der Waals surface area contributed by atoms with E-state index in [9.17, 15) is 4.79 Å². The number of rotatable bonds is 6. The highest BCUT2D eigenvalue weighted by molar-refractivity contribution is 8.00. The molecule has 1 aromatic heterocycles. The van der Waals surface area contributed by atoms with Crippen LogP contribution in [0.5, 0.6) is 0 Å². The molecular formula is C20H21ClN4OS. The number of hydrogen-bond acceptors (Lipinski definition) is 4. The van der Waals surface area contributed by atoms with Gasteiger partial charge in [-0.3, -0.25) is 4.79 Å². The van der Waals surface area contributed by atoms with Crippen molar-refractivity contribution in [2.75, 3.05) is 11.9 Å². The molecule has 5 nitrogen and oxygen atoms in total. The number of para-hydroxylation sites is 1. The molecule has 1 atom stereocenters. The van der Waals surface area contributed by atoms with Gasteiger partial charge in [0.1, 0.15) is 0 Å². The van der Waals surface area contributed by atoms with Gasteiger partial charge in [0.2, 0.25) is 5.91 Å². The van der Waals surface area contributed by atoms with Crippen molar-refractivity contribution < 1.29 is 4.79 Å². The Balaban J connectivity index is 1.79. The minimum Gasteiger partial charge on any atom is -0.315 e. The van der Waals surface area contributed by atoms with Crippen molar-refractivity contribution in [1.82, 2.24) is 14.8 Å². The van der Waals surface area contributed by atoms with Gasteiger partial charge in [0, 0.05) is 29.9 Å². The number of carbonyl (C=O) groups excluding carboxylic acids is 1. The Labute approximate surface area is 168 Å². The molecule has 0 saturated carbocycles. The Hall–Kier alpha value is -2.31. The molecule has 3 rings (SSSR count). The van der Waals surface area contributed by atoms with Crippen LogP contribution in [0.4, 0.5) is 5.69 Å². The van der Waals surface area contributed by atoms with Crippen LogP contribution in [0.25, 0.3) is 11.4 Å². The van der Waals surface area contributed by atoms with Crippen LogP contribution in [0.3, 0.4) is 0 Å². The molecule has 0 radical (unpaired) electrons. The van der Waals surface area contributed by atoms with Crippen molar-refractivity contribution in [2.45, 2.75) is 30.8 Å². The lowest BCUT2D eigenvalue weighted by atomic mass is 10.2. The summed E-state index contributed by atoms with van der Waals surface area (Å²) in [6, 6.07) is 17.1. The first-order valence-electron chi connectivity index (χ1n) is 8.69. The lowest BCUT2D eigenvalue weighted by Crippen LogP contribution is -2.33. The number of nitrogens with zero attached hydrogens (tertiary/aromatic N) is 4. The summed E-state index contributed by atoms with van der Waals surface area (Å²) >= 11 is 7.39. The zero-order valence-electron chi connectivity index (χ0n) is 15.5. The van der Waals surface area contributed by atoms with Gasteiger partial charge in [-0.25, -0.2) is 0 Å². The highest BCUT2D eigenvalue weighted by atomic mass is 35.5. The zero-order valence-corrected chi connectivity index (χ0v) is 17.0. The van der Waals surface area contributed by atoms with Crippen LogP contribution >= 0.6 is 23.4 Å². The molecule has 0 saturated heterocycles. The van der Waals surface area contributed by atoms with E-state index in [2.05, 4.69) is 10.2 Å². The SMILES string of the molecule is CCn1c(SC(C)C(=O)N(C)c2ccccc2)nnc1-c1ccc(Cl)cc1. The van der Waals surface area contributed by atoms with E-state index in [1.165, 1.54) is 11.8 Å². The minimum atomic E-state index is -0.289. The van der Waals surface area contributed by atoms with Crippen LogP contribution in [-0.2, 0) is 11.3 Å². The molecule has 0 N–H and O–H groups in total. The summed E-state index contributed by atoms with van der Waals surface area (Å²) < 4.78 is 2.01. The number of anilines is 1. The Bertz CT molecular complexity index is 911. The maximum Gasteiger partial charge on any atom is 0.240 e. The Kier molecular flexibility index (Phi) is 6.19. The molecule has 7 heteroatoms. The minimum absolute atomic E-state index is 0.0184. The maximum absolute atomic E-state index is 12.8. The van der Waals surface area contributed by atoms with Gasteiger partial charge in [0.25, 0.3) is 0 Å². The van der Waals surface area contributed by atoms with Crippen LogP contribution in [0.15, 0.2) is 59.8 Å². The third-order valence-electron chi connectivity index (χ3n) is 4.24. The summed E-state index contributed by atoms with van der Waals surface area (Å²) in [7, 11) is 1.79. The van der Waals surface area contributed by atoms with Crippen molar-refractivity contribution >= 4 is 35.0 Å². The fourth-order valence-corrected chi connectivity index (χ4v) is 3.87. The van der Waals surface area contributed by atoms with Crippen molar-refractivity contribution in [3.05, 3.63) is 59.6 Å². The van der Waals surface area contributed by atoms with Gasteiger partial charge in [0.15, 0.2) is 11.0 Å². The summed E-state index contributed by atoms with van der Waals surface area (Å²) in [5.74, 6) is 0.789. The highest BCUT2D eigenvalue weighted by Gasteiger charge is 2.23. The fourth-order valence-electron chi connectivity index (χ4n) is 2.73. The van der Waals surface area contributed by atoms with Crippen LogP contribution in [0.2, 0.25) is 5.02 Å². The first-order valence-corrected chi connectivity index (χ1v) is 9.95. The number of aromatic nitrogens is 3. The van der Waals surface area contributed by atoms with E-state index in [4.69, 9.17) is 11.6 Å². The smallest absolute Gasteiger partial charge is 0.240 e. The number of benzene rings is 2. The van der Waals surface area contributed by atoms with Crippen LogP contribution in [0.1, 0.15) is 13.8 Å². The number of thioether (sulfide) groups is 1. The number of hydrogen-bond donors (Lipinski definition) is 0. The van der Waals surface area contributed by atoms with E-state index in [0.717, 1.165) is 22.2 Å². The predicted octanol–water partition coefficient (Wildman–Crippen LogP) is 4.76. The molecular weight excluding hydrogens is 380 g/mol. The molecule has 1 heterocycles. The van der Waals surface area contributed by atoms with E-state index in [0.29, 0.717) is 11.6 Å². The number of halogens is 1. The standard InChI is InChI=1S/C20H21ClN4OS/c1-4-25-18(15-10-12-16(21)13-11-15)22-23-20(25)27-14(2)19(26)24(3)17-8-6-5-7-9-17/h5-14H,4H2,1-3H3. The summed E-state index contributed by atoms with van der Waals surface area (Å²) in [5.41, 5.74) is 1.81. The van der Waals surface area contributed by atoms with Gasteiger partial charge in [-0.2, -0.15) is 0 Å². The third kappa shape index (κ3) is 4.34. The average Bonchev–Trinajstić information content (AvgIpc) is 3.10. The van der Waals surface area contributed by atoms with Gasteiger partial charge in [-0.05, 0) is 50.2 Å². The quantitative estimate of drug-likeness (QED) is 0.559. The summed E-state index contributed by atoms with van der Waals surface area (Å²) in [5, 5.41) is 9.76. The van der Waals surface area contributed by atoms with Crippen LogP contribution in [0, 0.1) is 0 Å². The molecule has 140 valence electrons. The molecule has 27 heavy (non-hydrogen) atoms. The molecule has 1 unspecified atom stereocenters. The number of amides is 1. The van der Waals surface area contributed by atoms with E-state index in [1.807, 2.05) is 73.0 Å². The highest BCUT2D eigenvalue weighted by Crippen LogP contribution is 2.28. The molecule has 0 aliphatic heterocycles. The van der Waals surface area contributed by atoms with Crippen molar-refractivity contribution in [3.8, 4) is 11.4 Å². The zero-order chi connectivity index (χ0) is 19.4. The topological polar surface area (TPSA) is 51.0 Å². The Morgan fingerprint density at radius 2 is 1.81 bits per heavy atom. The van der Waals surface area contributed by atoms with E-state index in [-0.39, 0.29) is 11.2 Å². The predicted molar refractivity (Wildman–Crippen MR) is 111 cm³/mol. The molecule has 0 aliphatic rings. The maximum atomic E-state index is 12.8. The van der Waals surface area contributed by atoms with Crippen molar-refractivity contribution in [2.24, 2.45) is 0 Å². The first kappa shape index (κ1) is 19.5. The largest absolute Gasteiger partial charge is 0.315 e. The second-order valence-corrected chi connectivity index (χ2v) is 7.79. The molecule has 0 spiro atoms. The molecule has 0 bridgehead atoms. The average molecular weight is 401 g/mol. The summed E-state index contributed by atoms with van der Waals surface area (Å²) in [6.07, 6.45) is 0. The van der Waals surface area contributed by atoms with Crippen LogP contribution in [-0.4, -0.2) is 33.0 Å². The Morgan fingerprint density at radius 3 is 2.44 bits per heavy atom. The molecule has 1 amide bonds. The lowest BCUT2D eigenvalue weighted by molar-refractivity contribution is -0.117. The first-order chi connectivity index (χ1) is 13.0. The van der Waals surface area contributed by atoms with Gasteiger partial charge < -0.3 is 9.47 Å².